The molecule has 2 aromatic heterocycles. The molecule has 5 rings (SSSR count). The maximum Gasteiger partial charge on any atom is 0.227 e. The highest BCUT2D eigenvalue weighted by Crippen LogP contribution is 2.36. The monoisotopic (exact) mass is 477 g/mol. The molecule has 4 aromatic rings. The summed E-state index contributed by atoms with van der Waals surface area (Å²) in [5.41, 5.74) is 1.52. The number of fused-ring (bicyclic) bond motifs is 1. The predicted molar refractivity (Wildman–Crippen MR) is 129 cm³/mol. The molecule has 1 aliphatic heterocycles. The van der Waals surface area contributed by atoms with Gasteiger partial charge in [-0.05, 0) is 36.4 Å². The highest BCUT2D eigenvalue weighted by atomic mass is 32.1. The van der Waals surface area contributed by atoms with E-state index in [1.54, 1.807) is 48.7 Å². The van der Waals surface area contributed by atoms with Crippen molar-refractivity contribution >= 4 is 39.1 Å². The van der Waals surface area contributed by atoms with Crippen LogP contribution in [0, 0.1) is 5.92 Å². The standard InChI is InChI=1S/C25H23N3O5S/c1-31-16-7-9-20(32-2)19(12-16)28-14-15(11-23(28)29)24(30)26-13-17-8-10-21(33-17)25-27-18-5-3-4-6-22(18)34-25/h3-10,12,15H,11,13-14H2,1-2H3,(H,26,30). The lowest BCUT2D eigenvalue weighted by atomic mass is 10.1. The van der Waals surface area contributed by atoms with E-state index in [-0.39, 0.29) is 31.3 Å². The molecular weight excluding hydrogens is 454 g/mol. The molecule has 1 aliphatic rings. The SMILES string of the molecule is COc1ccc(OC)c(N2CC(C(=O)NCc3ccc(-c4nc5ccccc5s4)o3)CC2=O)c1. The predicted octanol–water partition coefficient (Wildman–Crippen LogP) is 4.24. The van der Waals surface area contributed by atoms with Crippen LogP contribution in [0.25, 0.3) is 21.0 Å². The minimum atomic E-state index is -0.470. The Labute approximate surface area is 200 Å². The molecule has 34 heavy (non-hydrogen) atoms. The molecule has 174 valence electrons. The van der Waals surface area contributed by atoms with Crippen LogP contribution in [0.2, 0.25) is 0 Å². The molecule has 8 nitrogen and oxygen atoms in total. The molecule has 1 unspecified atom stereocenters. The summed E-state index contributed by atoms with van der Waals surface area (Å²) >= 11 is 1.56. The van der Waals surface area contributed by atoms with E-state index in [0.29, 0.717) is 28.7 Å². The van der Waals surface area contributed by atoms with Crippen LogP contribution in [0.5, 0.6) is 11.5 Å². The van der Waals surface area contributed by atoms with Gasteiger partial charge in [0.2, 0.25) is 11.8 Å². The number of thiazole rings is 1. The molecule has 1 fully saturated rings. The highest BCUT2D eigenvalue weighted by molar-refractivity contribution is 7.21. The van der Waals surface area contributed by atoms with Crippen molar-refractivity contribution in [2.75, 3.05) is 25.7 Å². The number of methoxy groups -OCH3 is 2. The van der Waals surface area contributed by atoms with Gasteiger partial charge in [-0.15, -0.1) is 11.3 Å². The summed E-state index contributed by atoms with van der Waals surface area (Å²) < 4.78 is 17.7. The largest absolute Gasteiger partial charge is 0.497 e. The number of furan rings is 1. The van der Waals surface area contributed by atoms with Gasteiger partial charge in [-0.3, -0.25) is 9.59 Å². The average Bonchev–Trinajstić information content (AvgIpc) is 3.59. The van der Waals surface area contributed by atoms with Gasteiger partial charge in [-0.2, -0.15) is 0 Å². The molecule has 9 heteroatoms. The fraction of sp³-hybridized carbons (Fsp3) is 0.240. The Hall–Kier alpha value is -3.85. The zero-order valence-corrected chi connectivity index (χ0v) is 19.6. The van der Waals surface area contributed by atoms with Crippen LogP contribution in [0.3, 0.4) is 0 Å². The first-order valence-electron chi connectivity index (χ1n) is 10.8. The lowest BCUT2D eigenvalue weighted by molar-refractivity contribution is -0.126. The van der Waals surface area contributed by atoms with Gasteiger partial charge >= 0.3 is 0 Å². The van der Waals surface area contributed by atoms with Crippen LogP contribution in [-0.2, 0) is 16.1 Å². The lowest BCUT2D eigenvalue weighted by Gasteiger charge is -2.20. The fourth-order valence-corrected chi connectivity index (χ4v) is 4.94. The molecule has 0 aliphatic carbocycles. The minimum absolute atomic E-state index is 0.126. The third-order valence-corrected chi connectivity index (χ3v) is 6.83. The Kier molecular flexibility index (Phi) is 5.93. The Morgan fingerprint density at radius 2 is 2.03 bits per heavy atom. The summed E-state index contributed by atoms with van der Waals surface area (Å²) in [7, 11) is 3.10. The van der Waals surface area contributed by atoms with Crippen molar-refractivity contribution < 1.29 is 23.5 Å². The van der Waals surface area contributed by atoms with Gasteiger partial charge in [0.25, 0.3) is 0 Å². The third kappa shape index (κ3) is 4.22. The summed E-state index contributed by atoms with van der Waals surface area (Å²) in [4.78, 5) is 31.7. The quantitative estimate of drug-likeness (QED) is 0.428. The van der Waals surface area contributed by atoms with Gasteiger partial charge in [0.1, 0.15) is 17.3 Å². The molecule has 0 saturated carbocycles. The maximum atomic E-state index is 12.8. The van der Waals surface area contributed by atoms with Crippen LogP contribution in [0.1, 0.15) is 12.2 Å². The Bertz CT molecular complexity index is 1330. The van der Waals surface area contributed by atoms with Crippen molar-refractivity contribution in [3.05, 3.63) is 60.4 Å². The smallest absolute Gasteiger partial charge is 0.227 e. The topological polar surface area (TPSA) is 93.9 Å². The van der Waals surface area contributed by atoms with E-state index in [2.05, 4.69) is 10.3 Å². The highest BCUT2D eigenvalue weighted by Gasteiger charge is 2.36. The van der Waals surface area contributed by atoms with Gasteiger partial charge in [0.15, 0.2) is 10.8 Å². The molecule has 1 N–H and O–H groups in total. The number of carbonyl (C=O) groups excluding carboxylic acids is 2. The van der Waals surface area contributed by atoms with Gasteiger partial charge in [0.05, 0.1) is 42.6 Å². The first-order valence-corrected chi connectivity index (χ1v) is 11.6. The Morgan fingerprint density at radius 1 is 1.18 bits per heavy atom. The van der Waals surface area contributed by atoms with E-state index in [0.717, 1.165) is 15.2 Å². The molecule has 1 saturated heterocycles. The van der Waals surface area contributed by atoms with Crippen LogP contribution in [-0.4, -0.2) is 37.6 Å². The van der Waals surface area contributed by atoms with Gasteiger partial charge in [-0.25, -0.2) is 4.98 Å². The average molecular weight is 478 g/mol. The van der Waals surface area contributed by atoms with E-state index in [1.807, 2.05) is 36.4 Å². The van der Waals surface area contributed by atoms with Gasteiger partial charge in [0, 0.05) is 19.0 Å². The normalized spacial score (nSPS) is 15.6. The summed E-state index contributed by atoms with van der Waals surface area (Å²) in [5, 5.41) is 3.69. The number of aromatic nitrogens is 1. The van der Waals surface area contributed by atoms with Gasteiger partial charge < -0.3 is 24.1 Å². The van der Waals surface area contributed by atoms with E-state index in [4.69, 9.17) is 13.9 Å². The first-order chi connectivity index (χ1) is 16.6. The summed E-state index contributed by atoms with van der Waals surface area (Å²) in [6.07, 6.45) is 0.126. The second-order valence-corrected chi connectivity index (χ2v) is 8.94. The van der Waals surface area contributed by atoms with Crippen LogP contribution in [0.4, 0.5) is 5.69 Å². The number of carbonyl (C=O) groups is 2. The number of nitrogens with one attached hydrogen (secondary N) is 1. The Morgan fingerprint density at radius 3 is 2.82 bits per heavy atom. The summed E-state index contributed by atoms with van der Waals surface area (Å²) in [5.74, 6) is 1.64. The van der Waals surface area contributed by atoms with Crippen LogP contribution < -0.4 is 19.7 Å². The number of ether oxygens (including phenoxy) is 2. The third-order valence-electron chi connectivity index (χ3n) is 5.78. The zero-order chi connectivity index (χ0) is 23.7. The summed E-state index contributed by atoms with van der Waals surface area (Å²) in [6, 6.07) is 16.8. The van der Waals surface area contributed by atoms with Crippen molar-refractivity contribution in [2.45, 2.75) is 13.0 Å². The molecule has 0 spiro atoms. The van der Waals surface area contributed by atoms with Gasteiger partial charge in [-0.1, -0.05) is 12.1 Å². The molecule has 3 heterocycles. The number of hydrogen-bond donors (Lipinski definition) is 1. The maximum absolute atomic E-state index is 12.8. The van der Waals surface area contributed by atoms with E-state index in [9.17, 15) is 9.59 Å². The molecule has 2 aromatic carbocycles. The second-order valence-electron chi connectivity index (χ2n) is 7.91. The molecular formula is C25H23N3O5S. The van der Waals surface area contributed by atoms with Crippen molar-refractivity contribution in [2.24, 2.45) is 5.92 Å². The van der Waals surface area contributed by atoms with Crippen molar-refractivity contribution in [3.8, 4) is 22.3 Å². The van der Waals surface area contributed by atoms with E-state index >= 15 is 0 Å². The van der Waals surface area contributed by atoms with Crippen molar-refractivity contribution in [1.82, 2.24) is 10.3 Å². The van der Waals surface area contributed by atoms with Crippen molar-refractivity contribution in [1.29, 1.82) is 0 Å². The number of benzene rings is 2. The number of amides is 2. The van der Waals surface area contributed by atoms with Crippen LogP contribution >= 0.6 is 11.3 Å². The van der Waals surface area contributed by atoms with E-state index in [1.165, 1.54) is 0 Å². The number of para-hydroxylation sites is 1. The van der Waals surface area contributed by atoms with E-state index < -0.39 is 5.92 Å². The molecule has 2 amide bonds. The molecule has 1 atom stereocenters. The van der Waals surface area contributed by atoms with Crippen LogP contribution in [0.15, 0.2) is 59.0 Å². The summed E-state index contributed by atoms with van der Waals surface area (Å²) in [6.45, 7) is 0.500. The number of rotatable bonds is 7. The first kappa shape index (κ1) is 22.0. The molecule has 0 radical (unpaired) electrons. The number of hydrogen-bond acceptors (Lipinski definition) is 7. The minimum Gasteiger partial charge on any atom is -0.497 e. The second kappa shape index (κ2) is 9.18. The Balaban J connectivity index is 1.23. The lowest BCUT2D eigenvalue weighted by Crippen LogP contribution is -2.32. The van der Waals surface area contributed by atoms with Crippen molar-refractivity contribution in [3.63, 3.8) is 0 Å². The number of anilines is 1. The number of nitrogens with zero attached hydrogens (tertiary/aromatic N) is 2. The fourth-order valence-electron chi connectivity index (χ4n) is 4.01. The zero-order valence-electron chi connectivity index (χ0n) is 18.7. The molecule has 0 bridgehead atoms.